The first-order valence-electron chi connectivity index (χ1n) is 6.35. The highest BCUT2D eigenvalue weighted by Gasteiger charge is 2.17. The molecule has 0 radical (unpaired) electrons. The summed E-state index contributed by atoms with van der Waals surface area (Å²) in [5, 5.41) is 8.03. The fourth-order valence-electron chi connectivity index (χ4n) is 2.48. The molecule has 19 heavy (non-hydrogen) atoms. The smallest absolute Gasteiger partial charge is 0.0692 e. The Kier molecular flexibility index (Phi) is 3.32. The molecule has 0 spiro atoms. The lowest BCUT2D eigenvalue weighted by molar-refractivity contribution is 0.702. The van der Waals surface area contributed by atoms with Crippen LogP contribution in [-0.4, -0.2) is 12.0 Å². The molecule has 3 heteroatoms. The maximum absolute atomic E-state index is 4.39. The Balaban J connectivity index is 2.20. The molecule has 0 amide bonds. The number of hydrogen-bond acceptors (Lipinski definition) is 3. The summed E-state index contributed by atoms with van der Waals surface area (Å²) < 4.78 is 0. The quantitative estimate of drug-likeness (QED) is 0.779. The fourth-order valence-corrected chi connectivity index (χ4v) is 3.53. The summed E-state index contributed by atoms with van der Waals surface area (Å²) in [6, 6.07) is 10.8. The number of fused-ring (bicyclic) bond motifs is 1. The highest BCUT2D eigenvalue weighted by Crippen LogP contribution is 2.32. The van der Waals surface area contributed by atoms with Gasteiger partial charge in [-0.25, -0.2) is 0 Å². The molecule has 1 N–H and O–H groups in total. The molecule has 1 aromatic carbocycles. The van der Waals surface area contributed by atoms with Gasteiger partial charge in [0.05, 0.1) is 6.04 Å². The van der Waals surface area contributed by atoms with Crippen LogP contribution in [0.2, 0.25) is 0 Å². The Morgan fingerprint density at radius 1 is 1.16 bits per heavy atom. The summed E-state index contributed by atoms with van der Waals surface area (Å²) in [5.41, 5.74) is 2.57. The Labute approximate surface area is 117 Å². The SMILES string of the molecule is CNC(c1sccc1C)c1cncc2ccccc12. The van der Waals surface area contributed by atoms with Gasteiger partial charge in [0.2, 0.25) is 0 Å². The van der Waals surface area contributed by atoms with E-state index in [0.717, 1.165) is 0 Å². The maximum atomic E-state index is 4.39. The molecule has 0 aliphatic heterocycles. The number of pyridine rings is 1. The van der Waals surface area contributed by atoms with Crippen LogP contribution in [0.3, 0.4) is 0 Å². The van der Waals surface area contributed by atoms with Crippen LogP contribution in [0.5, 0.6) is 0 Å². The Bertz CT molecular complexity index is 697. The van der Waals surface area contributed by atoms with Crippen molar-refractivity contribution < 1.29 is 0 Å². The second kappa shape index (κ2) is 5.11. The molecule has 2 nitrogen and oxygen atoms in total. The van der Waals surface area contributed by atoms with Crippen molar-refractivity contribution in [3.05, 3.63) is 64.1 Å². The number of hydrogen-bond donors (Lipinski definition) is 1. The third-order valence-electron chi connectivity index (χ3n) is 3.46. The number of aromatic nitrogens is 1. The molecule has 1 atom stereocenters. The Morgan fingerprint density at radius 3 is 2.74 bits per heavy atom. The Hall–Kier alpha value is -1.71. The predicted octanol–water partition coefficient (Wildman–Crippen LogP) is 3.91. The second-order valence-corrected chi connectivity index (χ2v) is 5.59. The monoisotopic (exact) mass is 268 g/mol. The van der Waals surface area contributed by atoms with Crippen molar-refractivity contribution in [3.8, 4) is 0 Å². The van der Waals surface area contributed by atoms with Crippen molar-refractivity contribution in [1.82, 2.24) is 10.3 Å². The van der Waals surface area contributed by atoms with Gasteiger partial charge in [0.1, 0.15) is 0 Å². The molecule has 1 unspecified atom stereocenters. The summed E-state index contributed by atoms with van der Waals surface area (Å²) in [4.78, 5) is 5.75. The van der Waals surface area contributed by atoms with Gasteiger partial charge in [-0.1, -0.05) is 24.3 Å². The standard InChI is InChI=1S/C16H16N2S/c1-11-7-8-19-16(11)15(17-2)14-10-18-9-12-5-3-4-6-13(12)14/h3-10,15,17H,1-2H3. The zero-order chi connectivity index (χ0) is 13.2. The van der Waals surface area contributed by atoms with E-state index in [-0.39, 0.29) is 6.04 Å². The summed E-state index contributed by atoms with van der Waals surface area (Å²) in [7, 11) is 2.01. The van der Waals surface area contributed by atoms with Crippen LogP contribution in [0.25, 0.3) is 10.8 Å². The summed E-state index contributed by atoms with van der Waals surface area (Å²) in [6.45, 7) is 2.16. The highest BCUT2D eigenvalue weighted by atomic mass is 32.1. The van der Waals surface area contributed by atoms with Crippen molar-refractivity contribution >= 4 is 22.1 Å². The number of thiophene rings is 1. The molecule has 3 rings (SSSR count). The van der Waals surface area contributed by atoms with E-state index in [1.807, 2.05) is 19.4 Å². The average Bonchev–Trinajstić information content (AvgIpc) is 2.86. The zero-order valence-corrected chi connectivity index (χ0v) is 11.9. The molecule has 0 saturated heterocycles. The minimum Gasteiger partial charge on any atom is -0.309 e. The average molecular weight is 268 g/mol. The normalized spacial score (nSPS) is 12.7. The summed E-state index contributed by atoms with van der Waals surface area (Å²) >= 11 is 1.80. The van der Waals surface area contributed by atoms with E-state index in [2.05, 4.69) is 52.9 Å². The minimum absolute atomic E-state index is 0.207. The van der Waals surface area contributed by atoms with Crippen molar-refractivity contribution in [1.29, 1.82) is 0 Å². The largest absolute Gasteiger partial charge is 0.309 e. The first-order chi connectivity index (χ1) is 9.31. The summed E-state index contributed by atoms with van der Waals surface area (Å²) in [5.74, 6) is 0. The van der Waals surface area contributed by atoms with Gasteiger partial charge in [0, 0.05) is 28.2 Å². The predicted molar refractivity (Wildman–Crippen MR) is 81.7 cm³/mol. The molecule has 3 aromatic rings. The lowest BCUT2D eigenvalue weighted by Crippen LogP contribution is -2.17. The fraction of sp³-hybridized carbons (Fsp3) is 0.188. The van der Waals surface area contributed by atoms with E-state index in [0.29, 0.717) is 0 Å². The molecule has 2 aromatic heterocycles. The van der Waals surface area contributed by atoms with Crippen LogP contribution in [-0.2, 0) is 0 Å². The van der Waals surface area contributed by atoms with Crippen LogP contribution in [0, 0.1) is 6.92 Å². The van der Waals surface area contributed by atoms with Crippen LogP contribution in [0.1, 0.15) is 22.0 Å². The van der Waals surface area contributed by atoms with Gasteiger partial charge >= 0.3 is 0 Å². The van der Waals surface area contributed by atoms with Gasteiger partial charge in [0.15, 0.2) is 0 Å². The van der Waals surface area contributed by atoms with Gasteiger partial charge in [-0.2, -0.15) is 0 Å². The first kappa shape index (κ1) is 12.3. The molecule has 96 valence electrons. The van der Waals surface area contributed by atoms with Gasteiger partial charge in [-0.15, -0.1) is 11.3 Å². The number of benzene rings is 1. The molecular weight excluding hydrogens is 252 g/mol. The van der Waals surface area contributed by atoms with Gasteiger partial charge in [0.25, 0.3) is 0 Å². The van der Waals surface area contributed by atoms with Crippen LogP contribution in [0.4, 0.5) is 0 Å². The molecule has 0 aliphatic carbocycles. The molecule has 0 aliphatic rings. The molecular formula is C16H16N2S. The van der Waals surface area contributed by atoms with Crippen molar-refractivity contribution in [2.75, 3.05) is 7.05 Å². The summed E-state index contributed by atoms with van der Waals surface area (Å²) in [6.07, 6.45) is 3.90. The topological polar surface area (TPSA) is 24.9 Å². The molecule has 2 heterocycles. The molecule has 0 bridgehead atoms. The second-order valence-electron chi connectivity index (χ2n) is 4.64. The van der Waals surface area contributed by atoms with Gasteiger partial charge < -0.3 is 5.32 Å². The van der Waals surface area contributed by atoms with E-state index in [9.17, 15) is 0 Å². The van der Waals surface area contributed by atoms with E-state index in [4.69, 9.17) is 0 Å². The lowest BCUT2D eigenvalue weighted by Gasteiger charge is -2.18. The molecule has 0 fully saturated rings. The number of rotatable bonds is 3. The van der Waals surface area contributed by atoms with Crippen LogP contribution in [0.15, 0.2) is 48.1 Å². The van der Waals surface area contributed by atoms with E-state index in [1.54, 1.807) is 11.3 Å². The van der Waals surface area contributed by atoms with Crippen molar-refractivity contribution in [3.63, 3.8) is 0 Å². The minimum atomic E-state index is 0.207. The first-order valence-corrected chi connectivity index (χ1v) is 7.23. The zero-order valence-electron chi connectivity index (χ0n) is 11.1. The van der Waals surface area contributed by atoms with E-state index >= 15 is 0 Å². The number of nitrogens with zero attached hydrogens (tertiary/aromatic N) is 1. The van der Waals surface area contributed by atoms with Crippen molar-refractivity contribution in [2.45, 2.75) is 13.0 Å². The maximum Gasteiger partial charge on any atom is 0.0692 e. The highest BCUT2D eigenvalue weighted by molar-refractivity contribution is 7.10. The van der Waals surface area contributed by atoms with E-state index in [1.165, 1.54) is 26.8 Å². The molecule has 0 saturated carbocycles. The number of nitrogens with one attached hydrogen (secondary N) is 1. The number of aryl methyl sites for hydroxylation is 1. The Morgan fingerprint density at radius 2 is 2.00 bits per heavy atom. The van der Waals surface area contributed by atoms with E-state index < -0.39 is 0 Å². The van der Waals surface area contributed by atoms with Crippen LogP contribution < -0.4 is 5.32 Å². The van der Waals surface area contributed by atoms with Gasteiger partial charge in [-0.3, -0.25) is 4.98 Å². The third kappa shape index (κ3) is 2.15. The lowest BCUT2D eigenvalue weighted by atomic mass is 9.99. The third-order valence-corrected chi connectivity index (χ3v) is 4.55. The van der Waals surface area contributed by atoms with Crippen LogP contribution >= 0.6 is 11.3 Å². The van der Waals surface area contributed by atoms with Gasteiger partial charge in [-0.05, 0) is 36.4 Å². The van der Waals surface area contributed by atoms with Crippen molar-refractivity contribution in [2.24, 2.45) is 0 Å².